The number of aryl methyl sites for hydroxylation is 1. The van der Waals surface area contributed by atoms with Gasteiger partial charge in [0.1, 0.15) is 5.52 Å². The van der Waals surface area contributed by atoms with Gasteiger partial charge in [-0.25, -0.2) is 13.4 Å². The molecule has 0 spiro atoms. The molecule has 0 aliphatic heterocycles. The lowest BCUT2D eigenvalue weighted by Crippen LogP contribution is -2.09. The summed E-state index contributed by atoms with van der Waals surface area (Å²) in [7, 11) is -3.59. The number of rotatable bonds is 7. The summed E-state index contributed by atoms with van der Waals surface area (Å²) in [6.07, 6.45) is 2.53. The Morgan fingerprint density at radius 1 is 1.00 bits per heavy atom. The minimum atomic E-state index is -4.48. The first-order chi connectivity index (χ1) is 12.8. The van der Waals surface area contributed by atoms with Crippen molar-refractivity contribution in [2.75, 3.05) is 5.75 Å². The Kier molecular flexibility index (Phi) is 5.50. The number of benzene rings is 1. The second-order valence-corrected chi connectivity index (χ2v) is 8.31. The zero-order valence-electron chi connectivity index (χ0n) is 14.4. The summed E-state index contributed by atoms with van der Waals surface area (Å²) < 4.78 is 64.2. The van der Waals surface area contributed by atoms with E-state index in [0.29, 0.717) is 19.4 Å². The second kappa shape index (κ2) is 7.67. The molecule has 0 amide bonds. The molecule has 0 radical (unpaired) electrons. The maximum Gasteiger partial charge on any atom is 0.416 e. The van der Waals surface area contributed by atoms with Crippen molar-refractivity contribution in [3.63, 3.8) is 0 Å². The molecule has 5 nitrogen and oxygen atoms in total. The second-order valence-electron chi connectivity index (χ2n) is 6.20. The first-order valence-electron chi connectivity index (χ1n) is 8.42. The molecule has 144 valence electrons. The topological polar surface area (TPSA) is 64.8 Å². The lowest BCUT2D eigenvalue weighted by molar-refractivity contribution is -0.137. The normalized spacial score (nSPS) is 12.6. The van der Waals surface area contributed by atoms with E-state index < -0.39 is 21.6 Å². The molecule has 3 rings (SSSR count). The maximum absolute atomic E-state index is 12.6. The Balaban J connectivity index is 1.50. The monoisotopic (exact) mass is 397 g/mol. The molecule has 0 saturated heterocycles. The SMILES string of the molecule is O=S(=O)(CCCCCn1cnc2cnccc21)c1ccc(C(F)(F)F)cc1. The van der Waals surface area contributed by atoms with Crippen LogP contribution in [0.2, 0.25) is 0 Å². The number of hydrogen-bond acceptors (Lipinski definition) is 4. The lowest BCUT2D eigenvalue weighted by atomic mass is 10.2. The highest BCUT2D eigenvalue weighted by Crippen LogP contribution is 2.30. The molecule has 0 saturated carbocycles. The number of alkyl halides is 3. The average molecular weight is 397 g/mol. The van der Waals surface area contributed by atoms with E-state index in [1.54, 1.807) is 18.7 Å². The molecule has 3 aromatic rings. The van der Waals surface area contributed by atoms with Crippen molar-refractivity contribution in [1.82, 2.24) is 14.5 Å². The number of nitrogens with zero attached hydrogens (tertiary/aromatic N) is 3. The number of halogens is 3. The van der Waals surface area contributed by atoms with Gasteiger partial charge in [-0.15, -0.1) is 0 Å². The predicted molar refractivity (Wildman–Crippen MR) is 94.9 cm³/mol. The van der Waals surface area contributed by atoms with Crippen molar-refractivity contribution in [3.8, 4) is 0 Å². The Labute approximate surface area is 154 Å². The summed E-state index contributed by atoms with van der Waals surface area (Å²) in [5.41, 5.74) is 0.925. The van der Waals surface area contributed by atoms with Gasteiger partial charge in [0, 0.05) is 12.7 Å². The van der Waals surface area contributed by atoms with Crippen LogP contribution in [0.5, 0.6) is 0 Å². The standard InChI is InChI=1S/C18H18F3N3O2S/c19-18(20,21)14-4-6-15(7-5-14)27(25,26)11-3-1-2-10-24-13-23-16-12-22-9-8-17(16)24/h4-9,12-13H,1-3,10-11H2. The third kappa shape index (κ3) is 4.65. The van der Waals surface area contributed by atoms with E-state index in [0.717, 1.165) is 41.7 Å². The number of fused-ring (bicyclic) bond motifs is 1. The molecule has 0 unspecified atom stereocenters. The van der Waals surface area contributed by atoms with Gasteiger partial charge in [-0.2, -0.15) is 13.2 Å². The van der Waals surface area contributed by atoms with Crippen molar-refractivity contribution in [3.05, 3.63) is 54.6 Å². The summed E-state index contributed by atoms with van der Waals surface area (Å²) in [6, 6.07) is 5.50. The van der Waals surface area contributed by atoms with E-state index in [1.807, 2.05) is 10.6 Å². The quantitative estimate of drug-likeness (QED) is 0.563. The third-order valence-corrected chi connectivity index (χ3v) is 6.09. The van der Waals surface area contributed by atoms with Gasteiger partial charge >= 0.3 is 6.18 Å². The van der Waals surface area contributed by atoms with E-state index in [4.69, 9.17) is 0 Å². The van der Waals surface area contributed by atoms with Gasteiger partial charge in [-0.05, 0) is 43.2 Å². The van der Waals surface area contributed by atoms with Crippen molar-refractivity contribution >= 4 is 20.9 Å². The number of sulfone groups is 1. The zero-order chi connectivity index (χ0) is 19.5. The minimum absolute atomic E-state index is 0.0800. The molecule has 0 bridgehead atoms. The van der Waals surface area contributed by atoms with Crippen LogP contribution in [-0.2, 0) is 22.6 Å². The Morgan fingerprint density at radius 3 is 2.44 bits per heavy atom. The Morgan fingerprint density at radius 2 is 1.74 bits per heavy atom. The van der Waals surface area contributed by atoms with Gasteiger partial charge in [0.05, 0.1) is 34.3 Å². The van der Waals surface area contributed by atoms with Crippen LogP contribution in [0.1, 0.15) is 24.8 Å². The van der Waals surface area contributed by atoms with Crippen LogP contribution in [0.4, 0.5) is 13.2 Å². The molecule has 0 aliphatic rings. The fourth-order valence-corrected chi connectivity index (χ4v) is 4.18. The first-order valence-corrected chi connectivity index (χ1v) is 10.1. The summed E-state index contributed by atoms with van der Waals surface area (Å²) in [5, 5.41) is 0. The van der Waals surface area contributed by atoms with E-state index in [2.05, 4.69) is 9.97 Å². The summed E-state index contributed by atoms with van der Waals surface area (Å²) in [6.45, 7) is 0.709. The van der Waals surface area contributed by atoms with E-state index in [-0.39, 0.29) is 10.6 Å². The maximum atomic E-state index is 12.6. The van der Waals surface area contributed by atoms with Gasteiger partial charge < -0.3 is 4.57 Å². The minimum Gasteiger partial charge on any atom is -0.331 e. The molecule has 0 atom stereocenters. The van der Waals surface area contributed by atoms with Crippen LogP contribution in [0, 0.1) is 0 Å². The predicted octanol–water partition coefficient (Wildman–Crippen LogP) is 4.09. The molecule has 0 fully saturated rings. The Hall–Kier alpha value is -2.42. The third-order valence-electron chi connectivity index (χ3n) is 4.28. The van der Waals surface area contributed by atoms with Crippen molar-refractivity contribution in [2.24, 2.45) is 0 Å². The van der Waals surface area contributed by atoms with Gasteiger partial charge in [-0.3, -0.25) is 4.98 Å². The van der Waals surface area contributed by atoms with Crippen molar-refractivity contribution < 1.29 is 21.6 Å². The molecule has 2 aromatic heterocycles. The lowest BCUT2D eigenvalue weighted by Gasteiger charge is -2.09. The van der Waals surface area contributed by atoms with Crippen molar-refractivity contribution in [1.29, 1.82) is 0 Å². The van der Waals surface area contributed by atoms with Crippen LogP contribution < -0.4 is 0 Å². The van der Waals surface area contributed by atoms with Gasteiger partial charge in [-0.1, -0.05) is 6.42 Å². The average Bonchev–Trinajstić information content (AvgIpc) is 3.04. The smallest absolute Gasteiger partial charge is 0.331 e. The largest absolute Gasteiger partial charge is 0.416 e. The summed E-state index contributed by atoms with van der Waals surface area (Å²) in [5.74, 6) is -0.0903. The number of imidazole rings is 1. The fraction of sp³-hybridized carbons (Fsp3) is 0.333. The van der Waals surface area contributed by atoms with E-state index in [9.17, 15) is 21.6 Å². The van der Waals surface area contributed by atoms with Crippen LogP contribution in [0.3, 0.4) is 0 Å². The molecule has 1 aromatic carbocycles. The molecular weight excluding hydrogens is 379 g/mol. The van der Waals surface area contributed by atoms with Crippen molar-refractivity contribution in [2.45, 2.75) is 36.9 Å². The molecular formula is C18H18F3N3O2S. The number of unbranched alkanes of at least 4 members (excludes halogenated alkanes) is 2. The highest BCUT2D eigenvalue weighted by atomic mass is 32.2. The van der Waals surface area contributed by atoms with Crippen LogP contribution in [0.25, 0.3) is 11.0 Å². The first kappa shape index (κ1) is 19.3. The van der Waals surface area contributed by atoms with Crippen LogP contribution in [-0.4, -0.2) is 28.7 Å². The molecule has 27 heavy (non-hydrogen) atoms. The number of aromatic nitrogens is 3. The molecule has 9 heteroatoms. The molecule has 0 N–H and O–H groups in total. The van der Waals surface area contributed by atoms with Crippen LogP contribution in [0.15, 0.2) is 53.9 Å². The highest BCUT2D eigenvalue weighted by Gasteiger charge is 2.30. The van der Waals surface area contributed by atoms with Gasteiger partial charge in [0.15, 0.2) is 9.84 Å². The summed E-state index contributed by atoms with van der Waals surface area (Å²) >= 11 is 0. The van der Waals surface area contributed by atoms with Gasteiger partial charge in [0.25, 0.3) is 0 Å². The highest BCUT2D eigenvalue weighted by molar-refractivity contribution is 7.91. The zero-order valence-corrected chi connectivity index (χ0v) is 15.2. The molecule has 2 heterocycles. The summed E-state index contributed by atoms with van der Waals surface area (Å²) in [4.78, 5) is 8.17. The molecule has 0 aliphatic carbocycles. The fourth-order valence-electron chi connectivity index (χ4n) is 2.81. The van der Waals surface area contributed by atoms with E-state index in [1.165, 1.54) is 0 Å². The van der Waals surface area contributed by atoms with E-state index >= 15 is 0 Å². The number of pyridine rings is 1. The van der Waals surface area contributed by atoms with Crippen LogP contribution >= 0.6 is 0 Å². The number of hydrogen-bond donors (Lipinski definition) is 0. The Bertz CT molecular complexity index is 1010. The van der Waals surface area contributed by atoms with Gasteiger partial charge in [0.2, 0.25) is 0 Å².